The van der Waals surface area contributed by atoms with E-state index in [1.165, 1.54) is 10.8 Å². The Balaban J connectivity index is 1.77. The summed E-state index contributed by atoms with van der Waals surface area (Å²) in [6.07, 6.45) is 3.49. The van der Waals surface area contributed by atoms with Gasteiger partial charge in [0, 0.05) is 18.2 Å². The van der Waals surface area contributed by atoms with E-state index < -0.39 is 0 Å². The Hall–Kier alpha value is -2.94. The van der Waals surface area contributed by atoms with Gasteiger partial charge in [0.05, 0.1) is 11.4 Å². The third-order valence-electron chi connectivity index (χ3n) is 5.67. The van der Waals surface area contributed by atoms with Gasteiger partial charge in [-0.05, 0) is 67.2 Å². The molecule has 1 unspecified atom stereocenters. The molecule has 0 fully saturated rings. The van der Waals surface area contributed by atoms with E-state index in [0.29, 0.717) is 6.42 Å². The molecule has 0 N–H and O–H groups in total. The van der Waals surface area contributed by atoms with Crippen LogP contribution >= 0.6 is 0 Å². The fourth-order valence-corrected chi connectivity index (χ4v) is 3.89. The number of fused-ring (bicyclic) bond motifs is 1. The van der Waals surface area contributed by atoms with E-state index in [0.717, 1.165) is 40.1 Å². The first-order valence-electron chi connectivity index (χ1n) is 9.38. The van der Waals surface area contributed by atoms with Gasteiger partial charge in [0.15, 0.2) is 5.78 Å². The highest BCUT2D eigenvalue weighted by atomic mass is 16.1. The average molecular weight is 356 g/mol. The summed E-state index contributed by atoms with van der Waals surface area (Å²) in [5.41, 5.74) is 6.11. The van der Waals surface area contributed by atoms with Crippen molar-refractivity contribution >= 4 is 22.1 Å². The van der Waals surface area contributed by atoms with Gasteiger partial charge < -0.3 is 0 Å². The molecule has 0 amide bonds. The van der Waals surface area contributed by atoms with E-state index in [2.05, 4.69) is 43.1 Å². The summed E-state index contributed by atoms with van der Waals surface area (Å²) in [6.45, 7) is 10.0. The van der Waals surface area contributed by atoms with Crippen molar-refractivity contribution in [2.45, 2.75) is 33.6 Å². The molecule has 136 valence electrons. The minimum absolute atomic E-state index is 0.222. The second-order valence-electron chi connectivity index (χ2n) is 7.58. The second kappa shape index (κ2) is 6.66. The van der Waals surface area contributed by atoms with E-state index in [1.54, 1.807) is 0 Å². The predicted octanol–water partition coefficient (Wildman–Crippen LogP) is 5.66. The number of nitrogens with zero attached hydrogens (tertiary/aromatic N) is 2. The maximum absolute atomic E-state index is 12.5. The van der Waals surface area contributed by atoms with Crippen LogP contribution in [0.15, 0.2) is 66.4 Å². The van der Waals surface area contributed by atoms with E-state index in [1.807, 2.05) is 37.6 Å². The van der Waals surface area contributed by atoms with Crippen LogP contribution in [0.4, 0.5) is 0 Å². The lowest BCUT2D eigenvalue weighted by Gasteiger charge is -2.25. The van der Waals surface area contributed by atoms with Gasteiger partial charge in [-0.15, -0.1) is 0 Å². The summed E-state index contributed by atoms with van der Waals surface area (Å²) in [5.74, 6) is 0.446. The number of rotatable bonds is 3. The van der Waals surface area contributed by atoms with Crippen molar-refractivity contribution in [1.82, 2.24) is 9.78 Å². The largest absolute Gasteiger partial charge is 0.295 e. The number of hydrogen-bond acceptors (Lipinski definition) is 2. The molecule has 0 radical (unpaired) electrons. The van der Waals surface area contributed by atoms with Gasteiger partial charge in [0.1, 0.15) is 0 Å². The van der Waals surface area contributed by atoms with Gasteiger partial charge in [0.25, 0.3) is 0 Å². The SMILES string of the molecule is C=C(C)C1CC(=O)C(C)=C(c2cn(-c3ccc4ccccc4c3)nc2C)C1. The Morgan fingerprint density at radius 1 is 1.11 bits per heavy atom. The smallest absolute Gasteiger partial charge is 0.159 e. The number of allylic oxidation sites excluding steroid dienone is 3. The molecule has 1 aliphatic rings. The molecule has 1 aromatic heterocycles. The van der Waals surface area contributed by atoms with Crippen molar-refractivity contribution < 1.29 is 4.79 Å². The van der Waals surface area contributed by atoms with Gasteiger partial charge in [-0.3, -0.25) is 4.79 Å². The summed E-state index contributed by atoms with van der Waals surface area (Å²) in [4.78, 5) is 12.5. The summed E-state index contributed by atoms with van der Waals surface area (Å²) in [6, 6.07) is 14.7. The minimum atomic E-state index is 0.222. The molecule has 1 atom stereocenters. The Morgan fingerprint density at radius 3 is 2.59 bits per heavy atom. The van der Waals surface area contributed by atoms with Crippen molar-refractivity contribution in [2.75, 3.05) is 0 Å². The fourth-order valence-electron chi connectivity index (χ4n) is 3.89. The second-order valence-corrected chi connectivity index (χ2v) is 7.58. The van der Waals surface area contributed by atoms with Gasteiger partial charge in [-0.1, -0.05) is 42.5 Å². The molecule has 27 heavy (non-hydrogen) atoms. The number of hydrogen-bond donors (Lipinski definition) is 0. The molecule has 0 aliphatic heterocycles. The maximum atomic E-state index is 12.5. The highest BCUT2D eigenvalue weighted by Gasteiger charge is 2.28. The average Bonchev–Trinajstić information content (AvgIpc) is 3.05. The molecule has 1 heterocycles. The van der Waals surface area contributed by atoms with Crippen LogP contribution in [0.5, 0.6) is 0 Å². The van der Waals surface area contributed by atoms with E-state index in [4.69, 9.17) is 5.10 Å². The van der Waals surface area contributed by atoms with Crippen LogP contribution in [0, 0.1) is 12.8 Å². The van der Waals surface area contributed by atoms with Crippen LogP contribution in [0.2, 0.25) is 0 Å². The number of ketones is 1. The van der Waals surface area contributed by atoms with Crippen LogP contribution in [0.1, 0.15) is 37.9 Å². The zero-order valence-electron chi connectivity index (χ0n) is 16.1. The summed E-state index contributed by atoms with van der Waals surface area (Å²) in [5, 5.41) is 7.15. The molecule has 2 aromatic carbocycles. The van der Waals surface area contributed by atoms with Crippen molar-refractivity contribution in [1.29, 1.82) is 0 Å². The summed E-state index contributed by atoms with van der Waals surface area (Å²) < 4.78 is 1.92. The maximum Gasteiger partial charge on any atom is 0.159 e. The van der Waals surface area contributed by atoms with E-state index in [9.17, 15) is 4.79 Å². The number of carbonyl (C=O) groups excluding carboxylic acids is 1. The first kappa shape index (κ1) is 17.5. The standard InChI is InChI=1S/C24H24N2O/c1-15(2)20-12-22(16(3)24(27)13-20)23-14-26(25-17(23)4)21-10-9-18-7-5-6-8-19(18)11-21/h5-11,14,20H,1,12-13H2,2-4H3. The number of carbonyl (C=O) groups is 1. The summed E-state index contributed by atoms with van der Waals surface area (Å²) in [7, 11) is 0. The van der Waals surface area contributed by atoms with Crippen LogP contribution in [0.3, 0.4) is 0 Å². The molecule has 1 aliphatic carbocycles. The topological polar surface area (TPSA) is 34.9 Å². The Bertz CT molecular complexity index is 1100. The van der Waals surface area contributed by atoms with Gasteiger partial charge in [-0.2, -0.15) is 5.10 Å². The normalized spacial score (nSPS) is 17.6. The molecule has 3 heteroatoms. The fraction of sp³-hybridized carbons (Fsp3) is 0.250. The van der Waals surface area contributed by atoms with Crippen molar-refractivity contribution in [3.8, 4) is 5.69 Å². The van der Waals surface area contributed by atoms with E-state index >= 15 is 0 Å². The first-order valence-corrected chi connectivity index (χ1v) is 9.38. The predicted molar refractivity (Wildman–Crippen MR) is 111 cm³/mol. The Labute approximate surface area is 160 Å². The molecule has 3 aromatic rings. The van der Waals surface area contributed by atoms with Crippen molar-refractivity contribution in [3.05, 3.63) is 77.6 Å². The van der Waals surface area contributed by atoms with Gasteiger partial charge in [0.2, 0.25) is 0 Å². The molecule has 0 saturated carbocycles. The van der Waals surface area contributed by atoms with Crippen LogP contribution in [-0.4, -0.2) is 15.6 Å². The van der Waals surface area contributed by atoms with Crippen molar-refractivity contribution in [3.63, 3.8) is 0 Å². The first-order chi connectivity index (χ1) is 12.9. The Kier molecular flexibility index (Phi) is 4.31. The number of benzene rings is 2. The lowest BCUT2D eigenvalue weighted by molar-refractivity contribution is -0.116. The lowest BCUT2D eigenvalue weighted by atomic mass is 9.78. The minimum Gasteiger partial charge on any atom is -0.295 e. The molecule has 3 nitrogen and oxygen atoms in total. The highest BCUT2D eigenvalue weighted by molar-refractivity contribution is 6.04. The third-order valence-corrected chi connectivity index (χ3v) is 5.67. The van der Waals surface area contributed by atoms with E-state index in [-0.39, 0.29) is 11.7 Å². The molecule has 4 rings (SSSR count). The third kappa shape index (κ3) is 3.14. The van der Waals surface area contributed by atoms with Crippen molar-refractivity contribution in [2.24, 2.45) is 5.92 Å². The van der Waals surface area contributed by atoms with Crippen LogP contribution in [0.25, 0.3) is 22.0 Å². The quantitative estimate of drug-likeness (QED) is 0.567. The summed E-state index contributed by atoms with van der Waals surface area (Å²) >= 11 is 0. The Morgan fingerprint density at radius 2 is 1.85 bits per heavy atom. The van der Waals surface area contributed by atoms with Crippen LogP contribution < -0.4 is 0 Å². The zero-order valence-corrected chi connectivity index (χ0v) is 16.1. The molecule has 0 spiro atoms. The lowest BCUT2D eigenvalue weighted by Crippen LogP contribution is -2.18. The molecule has 0 saturated heterocycles. The van der Waals surface area contributed by atoms with Gasteiger partial charge >= 0.3 is 0 Å². The number of aryl methyl sites for hydroxylation is 1. The van der Waals surface area contributed by atoms with Gasteiger partial charge in [-0.25, -0.2) is 4.68 Å². The zero-order chi connectivity index (χ0) is 19.1. The highest BCUT2D eigenvalue weighted by Crippen LogP contribution is 2.37. The monoisotopic (exact) mass is 356 g/mol. The number of Topliss-reactive ketones (excluding diaryl/α,β-unsaturated/α-hetero) is 1. The van der Waals surface area contributed by atoms with Crippen LogP contribution in [-0.2, 0) is 4.79 Å². The molecule has 0 bridgehead atoms. The molecular formula is C24H24N2O. The number of aromatic nitrogens is 2. The molecular weight excluding hydrogens is 332 g/mol.